The SMILES string of the molecule is Cc1ccc(NC(=O)C[C@@H](c2cccs2)n2cccc2)nc1. The number of aromatic nitrogens is 2. The second-order valence-electron chi connectivity index (χ2n) is 5.13. The van der Waals surface area contributed by atoms with Crippen molar-refractivity contribution in [3.8, 4) is 0 Å². The van der Waals surface area contributed by atoms with Gasteiger partial charge in [-0.3, -0.25) is 4.79 Å². The first-order valence-electron chi connectivity index (χ1n) is 7.11. The quantitative estimate of drug-likeness (QED) is 0.777. The van der Waals surface area contributed by atoms with E-state index in [9.17, 15) is 4.79 Å². The Labute approximate surface area is 133 Å². The molecule has 0 fully saturated rings. The summed E-state index contributed by atoms with van der Waals surface area (Å²) in [5.41, 5.74) is 1.07. The number of nitrogens with zero attached hydrogens (tertiary/aromatic N) is 2. The predicted octanol–water partition coefficient (Wildman–Crippen LogP) is 3.87. The molecule has 3 heterocycles. The number of amides is 1. The van der Waals surface area contributed by atoms with Gasteiger partial charge in [0, 0.05) is 23.5 Å². The van der Waals surface area contributed by atoms with E-state index in [-0.39, 0.29) is 11.9 Å². The van der Waals surface area contributed by atoms with Gasteiger partial charge in [0.05, 0.1) is 12.5 Å². The number of pyridine rings is 1. The van der Waals surface area contributed by atoms with Crippen molar-refractivity contribution < 1.29 is 4.79 Å². The molecule has 1 N–H and O–H groups in total. The highest BCUT2D eigenvalue weighted by Crippen LogP contribution is 2.26. The van der Waals surface area contributed by atoms with E-state index < -0.39 is 0 Å². The third kappa shape index (κ3) is 3.43. The summed E-state index contributed by atoms with van der Waals surface area (Å²) in [6, 6.07) is 11.8. The van der Waals surface area contributed by atoms with Crippen LogP contribution < -0.4 is 5.32 Å². The van der Waals surface area contributed by atoms with Crippen molar-refractivity contribution in [1.82, 2.24) is 9.55 Å². The van der Waals surface area contributed by atoms with Crippen LogP contribution in [0.2, 0.25) is 0 Å². The van der Waals surface area contributed by atoms with Crippen LogP contribution in [-0.4, -0.2) is 15.5 Å². The molecule has 0 radical (unpaired) electrons. The number of aryl methyl sites for hydroxylation is 1. The molecule has 3 rings (SSSR count). The molecule has 0 aliphatic heterocycles. The van der Waals surface area contributed by atoms with E-state index in [1.165, 1.54) is 4.88 Å². The van der Waals surface area contributed by atoms with Gasteiger partial charge in [-0.2, -0.15) is 0 Å². The van der Waals surface area contributed by atoms with Crippen molar-refractivity contribution in [3.63, 3.8) is 0 Å². The van der Waals surface area contributed by atoms with E-state index in [2.05, 4.69) is 20.9 Å². The molecule has 0 aliphatic rings. The molecule has 3 aromatic heterocycles. The minimum atomic E-state index is -0.0385. The lowest BCUT2D eigenvalue weighted by Crippen LogP contribution is -2.19. The third-order valence-corrected chi connectivity index (χ3v) is 4.39. The molecule has 0 spiro atoms. The summed E-state index contributed by atoms with van der Waals surface area (Å²) in [5.74, 6) is 0.552. The summed E-state index contributed by atoms with van der Waals surface area (Å²) >= 11 is 1.66. The number of thiophene rings is 1. The zero-order chi connectivity index (χ0) is 15.4. The Morgan fingerprint density at radius 2 is 2.09 bits per heavy atom. The lowest BCUT2D eigenvalue weighted by Gasteiger charge is -2.17. The fraction of sp³-hybridized carbons (Fsp3) is 0.176. The Morgan fingerprint density at radius 1 is 1.27 bits per heavy atom. The van der Waals surface area contributed by atoms with E-state index in [1.54, 1.807) is 17.5 Å². The van der Waals surface area contributed by atoms with E-state index in [1.807, 2.05) is 55.0 Å². The van der Waals surface area contributed by atoms with Gasteiger partial charge in [-0.25, -0.2) is 4.98 Å². The first-order chi connectivity index (χ1) is 10.7. The molecular formula is C17H17N3OS. The summed E-state index contributed by atoms with van der Waals surface area (Å²) in [5, 5.41) is 4.90. The highest BCUT2D eigenvalue weighted by Gasteiger charge is 2.18. The lowest BCUT2D eigenvalue weighted by atomic mass is 10.1. The average Bonchev–Trinajstić information content (AvgIpc) is 3.21. The second-order valence-corrected chi connectivity index (χ2v) is 6.11. The van der Waals surface area contributed by atoms with Gasteiger partial charge < -0.3 is 9.88 Å². The highest BCUT2D eigenvalue weighted by molar-refractivity contribution is 7.10. The minimum Gasteiger partial charge on any atom is -0.346 e. The Balaban J connectivity index is 1.73. The van der Waals surface area contributed by atoms with Gasteiger partial charge in [-0.15, -0.1) is 11.3 Å². The van der Waals surface area contributed by atoms with Crippen LogP contribution in [-0.2, 0) is 4.79 Å². The van der Waals surface area contributed by atoms with E-state index >= 15 is 0 Å². The third-order valence-electron chi connectivity index (χ3n) is 3.42. The van der Waals surface area contributed by atoms with Crippen molar-refractivity contribution in [3.05, 3.63) is 70.8 Å². The van der Waals surface area contributed by atoms with E-state index in [0.717, 1.165) is 5.56 Å². The van der Waals surface area contributed by atoms with Crippen molar-refractivity contribution in [2.45, 2.75) is 19.4 Å². The summed E-state index contributed by atoms with van der Waals surface area (Å²) in [4.78, 5) is 17.7. The molecule has 22 heavy (non-hydrogen) atoms. The number of carbonyl (C=O) groups excluding carboxylic acids is 1. The standard InChI is InChI=1S/C17H17N3OS/c1-13-6-7-16(18-12-13)19-17(21)11-14(15-5-4-10-22-15)20-8-2-3-9-20/h2-10,12,14H,11H2,1H3,(H,18,19,21)/t14-/m0/s1. The Bertz CT molecular complexity index is 684. The van der Waals surface area contributed by atoms with Crippen LogP contribution in [0.5, 0.6) is 0 Å². The normalized spacial score (nSPS) is 12.0. The summed E-state index contributed by atoms with van der Waals surface area (Å²) in [6.07, 6.45) is 6.10. The molecule has 0 saturated heterocycles. The van der Waals surface area contributed by atoms with Crippen LogP contribution in [0.4, 0.5) is 5.82 Å². The monoisotopic (exact) mass is 311 g/mol. The second kappa shape index (κ2) is 6.58. The summed E-state index contributed by atoms with van der Waals surface area (Å²) < 4.78 is 2.06. The van der Waals surface area contributed by atoms with Gasteiger partial charge in [0.1, 0.15) is 5.82 Å². The zero-order valence-electron chi connectivity index (χ0n) is 12.3. The number of anilines is 1. The molecule has 1 atom stereocenters. The first kappa shape index (κ1) is 14.5. The van der Waals surface area contributed by atoms with E-state index in [4.69, 9.17) is 0 Å². The maximum absolute atomic E-state index is 12.3. The van der Waals surface area contributed by atoms with Crippen LogP contribution in [0.3, 0.4) is 0 Å². The molecule has 3 aromatic rings. The molecule has 112 valence electrons. The van der Waals surface area contributed by atoms with Crippen LogP contribution >= 0.6 is 11.3 Å². The fourth-order valence-electron chi connectivity index (χ4n) is 2.30. The van der Waals surface area contributed by atoms with Crippen LogP contribution in [0.1, 0.15) is 22.9 Å². The Kier molecular flexibility index (Phi) is 4.34. The molecule has 0 unspecified atom stereocenters. The maximum Gasteiger partial charge on any atom is 0.227 e. The highest BCUT2D eigenvalue weighted by atomic mass is 32.1. The van der Waals surface area contributed by atoms with Crippen LogP contribution in [0.25, 0.3) is 0 Å². The summed E-state index contributed by atoms with van der Waals surface area (Å²) in [6.45, 7) is 1.97. The van der Waals surface area contributed by atoms with Crippen LogP contribution in [0.15, 0.2) is 60.4 Å². The molecule has 5 heteroatoms. The molecular weight excluding hydrogens is 294 g/mol. The van der Waals surface area contributed by atoms with Gasteiger partial charge in [0.25, 0.3) is 0 Å². The van der Waals surface area contributed by atoms with Gasteiger partial charge in [-0.05, 0) is 42.1 Å². The van der Waals surface area contributed by atoms with Crippen molar-refractivity contribution in [2.75, 3.05) is 5.32 Å². The zero-order valence-corrected chi connectivity index (χ0v) is 13.1. The van der Waals surface area contributed by atoms with Crippen LogP contribution in [0, 0.1) is 6.92 Å². The van der Waals surface area contributed by atoms with E-state index in [0.29, 0.717) is 12.2 Å². The topological polar surface area (TPSA) is 46.9 Å². The fourth-order valence-corrected chi connectivity index (χ4v) is 3.13. The van der Waals surface area contributed by atoms with Gasteiger partial charge in [0.2, 0.25) is 5.91 Å². The summed E-state index contributed by atoms with van der Waals surface area (Å²) in [7, 11) is 0. The Morgan fingerprint density at radius 3 is 2.73 bits per heavy atom. The molecule has 1 amide bonds. The number of rotatable bonds is 5. The molecule has 4 nitrogen and oxygen atoms in total. The minimum absolute atomic E-state index is 0.0143. The van der Waals surface area contributed by atoms with Gasteiger partial charge >= 0.3 is 0 Å². The number of carbonyl (C=O) groups is 1. The smallest absolute Gasteiger partial charge is 0.227 e. The molecule has 0 saturated carbocycles. The van der Waals surface area contributed by atoms with Crippen molar-refractivity contribution >= 4 is 23.1 Å². The number of hydrogen-bond donors (Lipinski definition) is 1. The lowest BCUT2D eigenvalue weighted by molar-refractivity contribution is -0.116. The number of hydrogen-bond acceptors (Lipinski definition) is 3. The maximum atomic E-state index is 12.3. The van der Waals surface area contributed by atoms with Crippen molar-refractivity contribution in [1.29, 1.82) is 0 Å². The first-order valence-corrected chi connectivity index (χ1v) is 7.99. The molecule has 0 aromatic carbocycles. The van der Waals surface area contributed by atoms with Crippen molar-refractivity contribution in [2.24, 2.45) is 0 Å². The van der Waals surface area contributed by atoms with Gasteiger partial charge in [0.15, 0.2) is 0 Å². The van der Waals surface area contributed by atoms with Gasteiger partial charge in [-0.1, -0.05) is 12.1 Å². The predicted molar refractivity (Wildman–Crippen MR) is 89.1 cm³/mol. The largest absolute Gasteiger partial charge is 0.346 e. The average molecular weight is 311 g/mol. The molecule has 0 aliphatic carbocycles. The molecule has 0 bridgehead atoms. The Hall–Kier alpha value is -2.40. The number of nitrogens with one attached hydrogen (secondary N) is 1.